The molecule has 1 aliphatic rings. The molecule has 0 saturated heterocycles. The Balaban J connectivity index is 2.89. The predicted octanol–water partition coefficient (Wildman–Crippen LogP) is 6.11. The summed E-state index contributed by atoms with van der Waals surface area (Å²) in [4.78, 5) is 10.4. The number of rotatable bonds is 6. The molecule has 0 aromatic heterocycles. The highest BCUT2D eigenvalue weighted by molar-refractivity contribution is 5.66. The maximum atomic E-state index is 10.4. The minimum absolute atomic E-state index is 0.289. The second-order valence-corrected chi connectivity index (χ2v) is 6.77. The summed E-state index contributed by atoms with van der Waals surface area (Å²) < 4.78 is 0. The number of hydrogen-bond donors (Lipinski definition) is 0. The molecule has 0 atom stereocenters. The van der Waals surface area contributed by atoms with Crippen LogP contribution in [0, 0.1) is 5.41 Å². The van der Waals surface area contributed by atoms with Crippen LogP contribution in [0.5, 0.6) is 0 Å². The topological polar surface area (TPSA) is 17.1 Å². The van der Waals surface area contributed by atoms with Crippen molar-refractivity contribution in [1.29, 1.82) is 0 Å². The highest BCUT2D eigenvalue weighted by atomic mass is 16.1. The molecule has 0 N–H and O–H groups in total. The molecule has 1 aliphatic carbocycles. The van der Waals surface area contributed by atoms with Crippen molar-refractivity contribution in [3.8, 4) is 0 Å². The molecule has 1 rings (SSSR count). The molecule has 0 unspecified atom stereocenters. The summed E-state index contributed by atoms with van der Waals surface area (Å²) in [6.07, 6.45) is 17.9. The fourth-order valence-electron chi connectivity index (χ4n) is 2.98. The lowest BCUT2D eigenvalue weighted by Crippen LogP contribution is -2.19. The number of carbonyl (C=O) groups is 1. The minimum atomic E-state index is 0.289. The minimum Gasteiger partial charge on any atom is -0.299 e. The van der Waals surface area contributed by atoms with Gasteiger partial charge in [0.05, 0.1) is 0 Å². The molecule has 0 heterocycles. The lowest BCUT2D eigenvalue weighted by Gasteiger charge is -2.33. The zero-order valence-electron chi connectivity index (χ0n) is 14.8. The summed E-state index contributed by atoms with van der Waals surface area (Å²) in [6, 6.07) is 0. The molecule has 1 heteroatoms. The van der Waals surface area contributed by atoms with E-state index in [4.69, 9.17) is 0 Å². The number of allylic oxidation sites excluding steroid dienone is 10. The van der Waals surface area contributed by atoms with Gasteiger partial charge >= 0.3 is 0 Å². The van der Waals surface area contributed by atoms with Gasteiger partial charge < -0.3 is 0 Å². The lowest BCUT2D eigenvalue weighted by atomic mass is 9.72. The average molecular weight is 298 g/mol. The average Bonchev–Trinajstić information content (AvgIpc) is 2.44. The van der Waals surface area contributed by atoms with Crippen molar-refractivity contribution in [2.24, 2.45) is 5.41 Å². The van der Waals surface area contributed by atoms with Crippen LogP contribution in [-0.4, -0.2) is 6.29 Å². The van der Waals surface area contributed by atoms with Gasteiger partial charge in [-0.2, -0.15) is 0 Å². The number of aldehydes is 1. The number of hydrogen-bond acceptors (Lipinski definition) is 1. The third kappa shape index (κ3) is 5.63. The van der Waals surface area contributed by atoms with E-state index in [0.29, 0.717) is 0 Å². The summed E-state index contributed by atoms with van der Waals surface area (Å²) in [7, 11) is 0. The van der Waals surface area contributed by atoms with Crippen molar-refractivity contribution in [2.45, 2.75) is 60.3 Å². The molecule has 1 nitrogen and oxygen atoms in total. The molecule has 0 aliphatic heterocycles. The summed E-state index contributed by atoms with van der Waals surface area (Å²) in [5.41, 5.74) is 5.59. The smallest absolute Gasteiger partial charge is 0.143 e. The van der Waals surface area contributed by atoms with Crippen LogP contribution in [0.4, 0.5) is 0 Å². The van der Waals surface area contributed by atoms with E-state index in [0.717, 1.165) is 18.3 Å². The van der Waals surface area contributed by atoms with Crippen LogP contribution in [0.25, 0.3) is 0 Å². The van der Waals surface area contributed by atoms with Gasteiger partial charge in [0.25, 0.3) is 0 Å². The largest absolute Gasteiger partial charge is 0.299 e. The number of carbonyl (C=O) groups excluding carboxylic acids is 1. The molecule has 0 radical (unpaired) electrons. The summed E-state index contributed by atoms with van der Waals surface area (Å²) in [5.74, 6) is 0. The summed E-state index contributed by atoms with van der Waals surface area (Å²) >= 11 is 0. The van der Waals surface area contributed by atoms with Crippen LogP contribution in [0.15, 0.2) is 58.7 Å². The first-order valence-electron chi connectivity index (χ1n) is 8.28. The first-order chi connectivity index (χ1) is 10.4. The van der Waals surface area contributed by atoms with E-state index in [-0.39, 0.29) is 5.41 Å². The molecule has 0 spiro atoms. The van der Waals surface area contributed by atoms with Gasteiger partial charge in [-0.1, -0.05) is 56.7 Å². The van der Waals surface area contributed by atoms with Gasteiger partial charge in [0.15, 0.2) is 0 Å². The molecule has 0 bridgehead atoms. The third-order valence-electron chi connectivity index (χ3n) is 4.42. The Labute approximate surface area is 136 Å². The van der Waals surface area contributed by atoms with Crippen molar-refractivity contribution >= 4 is 6.29 Å². The predicted molar refractivity (Wildman–Crippen MR) is 96.8 cm³/mol. The van der Waals surface area contributed by atoms with Gasteiger partial charge in [-0.05, 0) is 67.7 Å². The molecule has 0 fully saturated rings. The molecule has 120 valence electrons. The zero-order valence-corrected chi connectivity index (χ0v) is 14.8. The van der Waals surface area contributed by atoms with E-state index in [2.05, 4.69) is 45.9 Å². The van der Waals surface area contributed by atoms with Gasteiger partial charge in [-0.3, -0.25) is 4.79 Å². The molecule has 0 aromatic carbocycles. The molecular weight excluding hydrogens is 268 g/mol. The van der Waals surface area contributed by atoms with Crippen molar-refractivity contribution in [1.82, 2.24) is 0 Å². The SMILES string of the molecule is CCC(=C/C=C/C(C)=C/C=O)/C=C/C1=C(C)CCCC1(C)C. The Kier molecular flexibility index (Phi) is 7.31. The van der Waals surface area contributed by atoms with Crippen LogP contribution in [0.2, 0.25) is 0 Å². The second-order valence-electron chi connectivity index (χ2n) is 6.77. The molecular formula is C21H30O. The maximum Gasteiger partial charge on any atom is 0.143 e. The third-order valence-corrected chi connectivity index (χ3v) is 4.42. The first-order valence-corrected chi connectivity index (χ1v) is 8.28. The molecule has 0 aromatic rings. The standard InChI is InChI=1S/C21H30O/c1-6-19(11-7-9-17(2)14-16-22)12-13-20-18(3)10-8-15-21(20,4)5/h7,9,11-14,16H,6,8,10,15H2,1-5H3/b9-7+,13-12+,17-14+,19-11-. The van der Waals surface area contributed by atoms with Gasteiger partial charge in [0, 0.05) is 0 Å². The van der Waals surface area contributed by atoms with Crippen LogP contribution in [0.3, 0.4) is 0 Å². The van der Waals surface area contributed by atoms with Crippen LogP contribution in [0.1, 0.15) is 60.3 Å². The Hall–Kier alpha value is -1.63. The first kappa shape index (κ1) is 18.4. The lowest BCUT2D eigenvalue weighted by molar-refractivity contribution is -0.104. The van der Waals surface area contributed by atoms with Crippen molar-refractivity contribution in [3.63, 3.8) is 0 Å². The highest BCUT2D eigenvalue weighted by Crippen LogP contribution is 2.40. The van der Waals surface area contributed by atoms with E-state index < -0.39 is 0 Å². The summed E-state index contributed by atoms with van der Waals surface area (Å²) in [6.45, 7) is 11.1. The Bertz CT molecular complexity index is 536. The quantitative estimate of drug-likeness (QED) is 0.328. The van der Waals surface area contributed by atoms with Crippen LogP contribution < -0.4 is 0 Å². The Morgan fingerprint density at radius 2 is 1.95 bits per heavy atom. The van der Waals surface area contributed by atoms with Crippen molar-refractivity contribution in [3.05, 3.63) is 58.7 Å². The van der Waals surface area contributed by atoms with Crippen molar-refractivity contribution < 1.29 is 4.79 Å². The van der Waals surface area contributed by atoms with Crippen molar-refractivity contribution in [2.75, 3.05) is 0 Å². The molecule has 22 heavy (non-hydrogen) atoms. The van der Waals surface area contributed by atoms with Gasteiger partial charge in [-0.15, -0.1) is 0 Å². The fourth-order valence-corrected chi connectivity index (χ4v) is 2.98. The van der Waals surface area contributed by atoms with E-state index in [1.54, 1.807) is 6.08 Å². The zero-order chi connectivity index (χ0) is 16.6. The van der Waals surface area contributed by atoms with Gasteiger partial charge in [-0.25, -0.2) is 0 Å². The van der Waals surface area contributed by atoms with E-state index in [1.807, 2.05) is 19.1 Å². The fraction of sp³-hybridized carbons (Fsp3) is 0.476. The van der Waals surface area contributed by atoms with Crippen LogP contribution >= 0.6 is 0 Å². The Morgan fingerprint density at radius 1 is 1.23 bits per heavy atom. The van der Waals surface area contributed by atoms with Gasteiger partial charge in [0.2, 0.25) is 0 Å². The van der Waals surface area contributed by atoms with Crippen LogP contribution in [-0.2, 0) is 4.79 Å². The molecule has 0 saturated carbocycles. The Morgan fingerprint density at radius 3 is 2.55 bits per heavy atom. The van der Waals surface area contributed by atoms with Gasteiger partial charge in [0.1, 0.15) is 6.29 Å². The second kappa shape index (κ2) is 8.73. The normalized spacial score (nSPS) is 20.2. The summed E-state index contributed by atoms with van der Waals surface area (Å²) in [5, 5.41) is 0. The molecule has 0 amide bonds. The maximum absolute atomic E-state index is 10.4. The highest BCUT2D eigenvalue weighted by Gasteiger charge is 2.26. The monoisotopic (exact) mass is 298 g/mol. The van der Waals surface area contributed by atoms with E-state index in [1.165, 1.54) is 36.0 Å². The van der Waals surface area contributed by atoms with E-state index >= 15 is 0 Å². The van der Waals surface area contributed by atoms with E-state index in [9.17, 15) is 4.79 Å².